The monoisotopic (exact) mass is 291 g/mol. The predicted molar refractivity (Wildman–Crippen MR) is 81.3 cm³/mol. The van der Waals surface area contributed by atoms with E-state index in [4.69, 9.17) is 0 Å². The lowest BCUT2D eigenvalue weighted by atomic mass is 10.2. The number of sulfonamides is 1. The van der Waals surface area contributed by atoms with Gasteiger partial charge < -0.3 is 4.90 Å². The average Bonchev–Trinajstić information content (AvgIpc) is 2.39. The van der Waals surface area contributed by atoms with Crippen LogP contribution in [-0.2, 0) is 16.6 Å². The zero-order valence-electron chi connectivity index (χ0n) is 11.4. The predicted octanol–water partition coefficient (Wildman–Crippen LogP) is 2.09. The van der Waals surface area contributed by atoms with Gasteiger partial charge in [-0.3, -0.25) is 4.72 Å². The topological polar surface area (TPSA) is 62.3 Å². The largest absolute Gasteiger partial charge is 0.355 e. The standard InChI is InChI=1S/C14H17N3O2S/c1-17(11-12-6-4-3-5-7-12)14-9-8-13(10-15-14)16-20(2,18)19/h3-10,16H,11H2,1-2H3. The van der Waals surface area contributed by atoms with Gasteiger partial charge >= 0.3 is 0 Å². The second kappa shape index (κ2) is 5.92. The summed E-state index contributed by atoms with van der Waals surface area (Å²) in [6.45, 7) is 0.743. The molecule has 106 valence electrons. The van der Waals surface area contributed by atoms with Crippen LogP contribution in [0.5, 0.6) is 0 Å². The molecule has 0 fully saturated rings. The van der Waals surface area contributed by atoms with Crippen LogP contribution in [0.25, 0.3) is 0 Å². The Kier molecular flexibility index (Phi) is 4.24. The lowest BCUT2D eigenvalue weighted by Gasteiger charge is -2.18. The van der Waals surface area contributed by atoms with E-state index in [-0.39, 0.29) is 0 Å². The molecule has 1 aromatic carbocycles. The van der Waals surface area contributed by atoms with Crippen molar-refractivity contribution in [1.82, 2.24) is 4.98 Å². The maximum absolute atomic E-state index is 11.1. The van der Waals surface area contributed by atoms with Gasteiger partial charge in [-0.1, -0.05) is 30.3 Å². The molecule has 6 heteroatoms. The normalized spacial score (nSPS) is 11.1. The van der Waals surface area contributed by atoms with E-state index in [1.165, 1.54) is 11.8 Å². The first-order valence-electron chi connectivity index (χ1n) is 6.13. The number of nitrogens with one attached hydrogen (secondary N) is 1. The lowest BCUT2D eigenvalue weighted by Crippen LogP contribution is -2.17. The number of rotatable bonds is 5. The number of anilines is 2. The Morgan fingerprint density at radius 1 is 1.15 bits per heavy atom. The number of nitrogens with zero attached hydrogens (tertiary/aromatic N) is 2. The van der Waals surface area contributed by atoms with Gasteiger partial charge in [0.2, 0.25) is 10.0 Å². The van der Waals surface area contributed by atoms with Crippen molar-refractivity contribution in [2.75, 3.05) is 22.9 Å². The first-order chi connectivity index (χ1) is 9.44. The Labute approximate surface area is 119 Å². The molecule has 0 amide bonds. The van der Waals surface area contributed by atoms with Gasteiger partial charge in [0.05, 0.1) is 18.1 Å². The Morgan fingerprint density at radius 2 is 1.85 bits per heavy atom. The van der Waals surface area contributed by atoms with Crippen LogP contribution in [-0.4, -0.2) is 26.7 Å². The average molecular weight is 291 g/mol. The number of benzene rings is 1. The highest BCUT2D eigenvalue weighted by Crippen LogP contribution is 2.15. The van der Waals surface area contributed by atoms with E-state index in [0.717, 1.165) is 18.6 Å². The van der Waals surface area contributed by atoms with E-state index in [1.54, 1.807) is 12.1 Å². The van der Waals surface area contributed by atoms with Gasteiger partial charge in [-0.05, 0) is 17.7 Å². The fourth-order valence-electron chi connectivity index (χ4n) is 1.82. The summed E-state index contributed by atoms with van der Waals surface area (Å²) in [7, 11) is -1.32. The summed E-state index contributed by atoms with van der Waals surface area (Å²) in [4.78, 5) is 6.26. The molecule has 1 aromatic heterocycles. The van der Waals surface area contributed by atoms with Gasteiger partial charge in [0.25, 0.3) is 0 Å². The molecule has 2 aromatic rings. The molecule has 0 aliphatic heterocycles. The molecule has 20 heavy (non-hydrogen) atoms. The molecule has 1 N–H and O–H groups in total. The summed E-state index contributed by atoms with van der Waals surface area (Å²) in [5.41, 5.74) is 1.65. The molecule has 0 spiro atoms. The van der Waals surface area contributed by atoms with Crippen molar-refractivity contribution in [1.29, 1.82) is 0 Å². The molecule has 0 atom stereocenters. The van der Waals surface area contributed by atoms with E-state index >= 15 is 0 Å². The van der Waals surface area contributed by atoms with Crippen molar-refractivity contribution in [2.24, 2.45) is 0 Å². The smallest absolute Gasteiger partial charge is 0.229 e. The second-order valence-electron chi connectivity index (χ2n) is 4.62. The molecule has 5 nitrogen and oxygen atoms in total. The maximum atomic E-state index is 11.1. The molecule has 0 saturated carbocycles. The van der Waals surface area contributed by atoms with Crippen molar-refractivity contribution in [3.63, 3.8) is 0 Å². The van der Waals surface area contributed by atoms with Crippen LogP contribution in [0.1, 0.15) is 5.56 Å². The third-order valence-corrected chi connectivity index (χ3v) is 3.31. The van der Waals surface area contributed by atoms with Gasteiger partial charge in [0, 0.05) is 13.6 Å². The van der Waals surface area contributed by atoms with Crippen molar-refractivity contribution >= 4 is 21.5 Å². The van der Waals surface area contributed by atoms with Crippen LogP contribution in [0.15, 0.2) is 48.7 Å². The third-order valence-electron chi connectivity index (χ3n) is 2.70. The number of aromatic nitrogens is 1. The van der Waals surface area contributed by atoms with Crippen molar-refractivity contribution in [2.45, 2.75) is 6.54 Å². The Hall–Kier alpha value is -2.08. The molecule has 0 bridgehead atoms. The number of hydrogen-bond donors (Lipinski definition) is 1. The van der Waals surface area contributed by atoms with Crippen LogP contribution in [0, 0.1) is 0 Å². The van der Waals surface area contributed by atoms with Crippen molar-refractivity contribution in [3.8, 4) is 0 Å². The minimum atomic E-state index is -3.26. The van der Waals surface area contributed by atoms with Gasteiger partial charge in [0.15, 0.2) is 0 Å². The van der Waals surface area contributed by atoms with Crippen LogP contribution in [0.2, 0.25) is 0 Å². The van der Waals surface area contributed by atoms with E-state index in [0.29, 0.717) is 5.69 Å². The maximum Gasteiger partial charge on any atom is 0.229 e. The highest BCUT2D eigenvalue weighted by atomic mass is 32.2. The second-order valence-corrected chi connectivity index (χ2v) is 6.37. The van der Waals surface area contributed by atoms with Gasteiger partial charge in [-0.25, -0.2) is 13.4 Å². The molecule has 0 radical (unpaired) electrons. The Balaban J connectivity index is 2.06. The SMILES string of the molecule is CN(Cc1ccccc1)c1ccc(NS(C)(=O)=O)cn1. The summed E-state index contributed by atoms with van der Waals surface area (Å²) in [6, 6.07) is 13.6. The molecule has 2 rings (SSSR count). The van der Waals surface area contributed by atoms with Crippen molar-refractivity contribution < 1.29 is 8.42 Å². The molecule has 1 heterocycles. The molecular formula is C14H17N3O2S. The van der Waals surface area contributed by atoms with E-state index in [9.17, 15) is 8.42 Å². The third kappa shape index (κ3) is 4.24. The highest BCUT2D eigenvalue weighted by molar-refractivity contribution is 7.92. The quantitative estimate of drug-likeness (QED) is 0.916. The van der Waals surface area contributed by atoms with E-state index in [1.807, 2.05) is 30.1 Å². The summed E-state index contributed by atoms with van der Waals surface area (Å²) >= 11 is 0. The first kappa shape index (κ1) is 14.3. The molecule has 0 aliphatic carbocycles. The fraction of sp³-hybridized carbons (Fsp3) is 0.214. The fourth-order valence-corrected chi connectivity index (χ4v) is 2.37. The zero-order chi connectivity index (χ0) is 14.6. The first-order valence-corrected chi connectivity index (χ1v) is 8.02. The number of pyridine rings is 1. The van der Waals surface area contributed by atoms with Gasteiger partial charge in [-0.2, -0.15) is 0 Å². The van der Waals surface area contributed by atoms with Crippen molar-refractivity contribution in [3.05, 3.63) is 54.2 Å². The van der Waals surface area contributed by atoms with Crippen LogP contribution in [0.4, 0.5) is 11.5 Å². The minimum absolute atomic E-state index is 0.462. The highest BCUT2D eigenvalue weighted by Gasteiger charge is 2.05. The minimum Gasteiger partial charge on any atom is -0.355 e. The summed E-state index contributed by atoms with van der Waals surface area (Å²) in [5.74, 6) is 0.785. The molecule has 0 unspecified atom stereocenters. The Morgan fingerprint density at radius 3 is 2.40 bits per heavy atom. The number of hydrogen-bond acceptors (Lipinski definition) is 4. The van der Waals surface area contributed by atoms with Crippen LogP contribution < -0.4 is 9.62 Å². The molecular weight excluding hydrogens is 274 g/mol. The van der Waals surface area contributed by atoms with Gasteiger partial charge in [-0.15, -0.1) is 0 Å². The lowest BCUT2D eigenvalue weighted by molar-refractivity contribution is 0.607. The van der Waals surface area contributed by atoms with Crippen LogP contribution >= 0.6 is 0 Å². The summed E-state index contributed by atoms with van der Waals surface area (Å²) in [6.07, 6.45) is 2.63. The molecule has 0 saturated heterocycles. The Bertz CT molecular complexity index is 655. The van der Waals surface area contributed by atoms with E-state index in [2.05, 4.69) is 21.8 Å². The summed E-state index contributed by atoms with van der Waals surface area (Å²) < 4.78 is 24.6. The van der Waals surface area contributed by atoms with Crippen LogP contribution in [0.3, 0.4) is 0 Å². The zero-order valence-corrected chi connectivity index (χ0v) is 12.3. The summed E-state index contributed by atoms with van der Waals surface area (Å²) in [5, 5.41) is 0. The van der Waals surface area contributed by atoms with Gasteiger partial charge in [0.1, 0.15) is 5.82 Å². The van der Waals surface area contributed by atoms with E-state index < -0.39 is 10.0 Å². The molecule has 0 aliphatic rings.